The molecule has 0 aliphatic carbocycles. The first-order valence-electron chi connectivity index (χ1n) is 4.22. The molecule has 0 bridgehead atoms. The van der Waals surface area contributed by atoms with Gasteiger partial charge in [-0.05, 0) is 28.4 Å². The van der Waals surface area contributed by atoms with Crippen LogP contribution in [0.15, 0.2) is 21.8 Å². The Kier molecular flexibility index (Phi) is 5.23. The largest absolute Gasteiger partial charge is 0.396 e. The summed E-state index contributed by atoms with van der Waals surface area (Å²) in [4.78, 5) is 4.20. The fourth-order valence-corrected chi connectivity index (χ4v) is 2.73. The molecule has 0 aliphatic heterocycles. The highest BCUT2D eigenvalue weighted by Gasteiger charge is 2.08. The highest BCUT2D eigenvalue weighted by Crippen LogP contribution is 2.31. The third-order valence-corrected chi connectivity index (χ3v) is 3.88. The van der Waals surface area contributed by atoms with E-state index in [0.717, 1.165) is 15.9 Å². The molecule has 1 rings (SSSR count). The second kappa shape index (κ2) is 5.95. The lowest BCUT2D eigenvalue weighted by Gasteiger charge is -2.09. The molecular weight excluding hydrogens is 286 g/mol. The monoisotopic (exact) mass is 295 g/mol. The molecule has 0 saturated heterocycles. The van der Waals surface area contributed by atoms with Crippen LogP contribution in [0.3, 0.4) is 0 Å². The van der Waals surface area contributed by atoms with Gasteiger partial charge < -0.3 is 5.11 Å². The number of rotatable bonds is 4. The number of halogens is 2. The van der Waals surface area contributed by atoms with Gasteiger partial charge in [0.05, 0.1) is 9.50 Å². The van der Waals surface area contributed by atoms with Crippen molar-refractivity contribution in [2.24, 2.45) is 0 Å². The van der Waals surface area contributed by atoms with Crippen molar-refractivity contribution in [2.75, 3.05) is 6.61 Å². The summed E-state index contributed by atoms with van der Waals surface area (Å²) in [6, 6.07) is 1.82. The van der Waals surface area contributed by atoms with Crippen LogP contribution in [0.5, 0.6) is 0 Å². The highest BCUT2D eigenvalue weighted by atomic mass is 79.9. The lowest BCUT2D eigenvalue weighted by atomic mass is 10.3. The van der Waals surface area contributed by atoms with Gasteiger partial charge in [0.1, 0.15) is 5.03 Å². The van der Waals surface area contributed by atoms with Crippen LogP contribution < -0.4 is 0 Å². The first-order chi connectivity index (χ1) is 6.63. The van der Waals surface area contributed by atoms with E-state index in [2.05, 4.69) is 27.8 Å². The number of hydrogen-bond donors (Lipinski definition) is 1. The van der Waals surface area contributed by atoms with Crippen LogP contribution in [-0.4, -0.2) is 21.9 Å². The zero-order valence-electron chi connectivity index (χ0n) is 7.70. The van der Waals surface area contributed by atoms with Crippen LogP contribution >= 0.6 is 39.3 Å². The van der Waals surface area contributed by atoms with Crippen molar-refractivity contribution in [3.63, 3.8) is 0 Å². The molecule has 1 heterocycles. The van der Waals surface area contributed by atoms with Crippen molar-refractivity contribution >= 4 is 39.3 Å². The average molecular weight is 297 g/mol. The summed E-state index contributed by atoms with van der Waals surface area (Å²) in [5.74, 6) is 0. The molecule has 0 radical (unpaired) electrons. The molecule has 0 spiro atoms. The Morgan fingerprint density at radius 1 is 1.71 bits per heavy atom. The summed E-state index contributed by atoms with van der Waals surface area (Å²) >= 11 is 10.8. The van der Waals surface area contributed by atoms with Crippen molar-refractivity contribution < 1.29 is 5.11 Å². The standard InChI is InChI=1S/C9H11BrClNOS/c1-6(2-3-13)14-9-8(10)4-7(11)5-12-9/h4-6,13H,2-3H2,1H3. The summed E-state index contributed by atoms with van der Waals surface area (Å²) in [6.07, 6.45) is 2.39. The normalized spacial score (nSPS) is 12.9. The highest BCUT2D eigenvalue weighted by molar-refractivity contribution is 9.10. The molecule has 0 saturated carbocycles. The first kappa shape index (κ1) is 12.3. The van der Waals surface area contributed by atoms with E-state index in [0.29, 0.717) is 10.3 Å². The van der Waals surface area contributed by atoms with E-state index in [1.165, 1.54) is 0 Å². The molecule has 0 amide bonds. The summed E-state index contributed by atoms with van der Waals surface area (Å²) in [5.41, 5.74) is 0. The Morgan fingerprint density at radius 3 is 3.00 bits per heavy atom. The topological polar surface area (TPSA) is 33.1 Å². The van der Waals surface area contributed by atoms with Gasteiger partial charge >= 0.3 is 0 Å². The molecule has 1 unspecified atom stereocenters. The number of thioether (sulfide) groups is 1. The molecule has 1 N–H and O–H groups in total. The molecule has 78 valence electrons. The van der Waals surface area contributed by atoms with E-state index in [4.69, 9.17) is 16.7 Å². The Hall–Kier alpha value is 0.230. The van der Waals surface area contributed by atoms with Crippen LogP contribution in [0.4, 0.5) is 0 Å². The average Bonchev–Trinajstić information content (AvgIpc) is 2.10. The Bertz CT molecular complexity index is 311. The number of aliphatic hydroxyl groups excluding tert-OH is 1. The number of pyridine rings is 1. The fourth-order valence-electron chi connectivity index (χ4n) is 0.920. The molecule has 1 atom stereocenters. The van der Waals surface area contributed by atoms with Gasteiger partial charge in [-0.3, -0.25) is 0 Å². The quantitative estimate of drug-likeness (QED) is 0.865. The van der Waals surface area contributed by atoms with Gasteiger partial charge in [-0.25, -0.2) is 4.98 Å². The van der Waals surface area contributed by atoms with Crippen LogP contribution in [-0.2, 0) is 0 Å². The van der Waals surface area contributed by atoms with Crippen LogP contribution in [0, 0.1) is 0 Å². The van der Waals surface area contributed by atoms with Gasteiger partial charge in [-0.15, -0.1) is 11.8 Å². The second-order valence-corrected chi connectivity index (χ2v) is 5.60. The number of aromatic nitrogens is 1. The van der Waals surface area contributed by atoms with E-state index in [1.807, 2.05) is 6.07 Å². The number of nitrogens with zero attached hydrogens (tertiary/aromatic N) is 1. The van der Waals surface area contributed by atoms with E-state index < -0.39 is 0 Å². The molecule has 0 aromatic carbocycles. The van der Waals surface area contributed by atoms with Gasteiger partial charge in [-0.1, -0.05) is 18.5 Å². The molecule has 5 heteroatoms. The number of aliphatic hydroxyl groups is 1. The zero-order chi connectivity index (χ0) is 10.6. The lowest BCUT2D eigenvalue weighted by Crippen LogP contribution is -2.00. The second-order valence-electron chi connectivity index (χ2n) is 2.88. The predicted molar refractivity (Wildman–Crippen MR) is 64.0 cm³/mol. The Labute approximate surface area is 101 Å². The van der Waals surface area contributed by atoms with Crippen molar-refractivity contribution in [2.45, 2.75) is 23.6 Å². The van der Waals surface area contributed by atoms with E-state index >= 15 is 0 Å². The van der Waals surface area contributed by atoms with Crippen LogP contribution in [0.1, 0.15) is 13.3 Å². The minimum absolute atomic E-state index is 0.208. The van der Waals surface area contributed by atoms with Crippen molar-refractivity contribution in [3.8, 4) is 0 Å². The van der Waals surface area contributed by atoms with Crippen molar-refractivity contribution in [3.05, 3.63) is 21.8 Å². The van der Waals surface area contributed by atoms with Crippen LogP contribution in [0.25, 0.3) is 0 Å². The summed E-state index contributed by atoms with van der Waals surface area (Å²) in [7, 11) is 0. The zero-order valence-corrected chi connectivity index (χ0v) is 10.9. The summed E-state index contributed by atoms with van der Waals surface area (Å²) < 4.78 is 0.903. The smallest absolute Gasteiger partial charge is 0.111 e. The molecule has 0 aliphatic rings. The molecule has 0 fully saturated rings. The third-order valence-electron chi connectivity index (χ3n) is 1.62. The van der Waals surface area contributed by atoms with Gasteiger partial charge in [-0.2, -0.15) is 0 Å². The molecule has 2 nitrogen and oxygen atoms in total. The molecular formula is C9H11BrClNOS. The molecule has 1 aromatic rings. The first-order valence-corrected chi connectivity index (χ1v) is 6.27. The maximum Gasteiger partial charge on any atom is 0.111 e. The minimum atomic E-state index is 0.208. The van der Waals surface area contributed by atoms with Gasteiger partial charge in [0.2, 0.25) is 0 Å². The summed E-state index contributed by atoms with van der Waals surface area (Å²) in [5, 5.41) is 10.6. The van der Waals surface area contributed by atoms with E-state index in [-0.39, 0.29) is 6.61 Å². The van der Waals surface area contributed by atoms with Crippen molar-refractivity contribution in [1.82, 2.24) is 4.98 Å². The maximum absolute atomic E-state index is 8.76. The van der Waals surface area contributed by atoms with Gasteiger partial charge in [0, 0.05) is 18.1 Å². The van der Waals surface area contributed by atoms with Gasteiger partial charge in [0.25, 0.3) is 0 Å². The minimum Gasteiger partial charge on any atom is -0.396 e. The predicted octanol–water partition coefficient (Wildman–Crippen LogP) is 3.36. The van der Waals surface area contributed by atoms with Crippen LogP contribution in [0.2, 0.25) is 5.02 Å². The molecule has 14 heavy (non-hydrogen) atoms. The SMILES string of the molecule is CC(CCO)Sc1ncc(Cl)cc1Br. The summed E-state index contributed by atoms with van der Waals surface area (Å²) in [6.45, 7) is 2.27. The lowest BCUT2D eigenvalue weighted by molar-refractivity contribution is 0.289. The van der Waals surface area contributed by atoms with Gasteiger partial charge in [0.15, 0.2) is 0 Å². The molecule has 1 aromatic heterocycles. The van der Waals surface area contributed by atoms with E-state index in [1.54, 1.807) is 18.0 Å². The third kappa shape index (κ3) is 3.77. The Morgan fingerprint density at radius 2 is 2.43 bits per heavy atom. The Balaban J connectivity index is 2.67. The fraction of sp³-hybridized carbons (Fsp3) is 0.444. The van der Waals surface area contributed by atoms with E-state index in [9.17, 15) is 0 Å². The van der Waals surface area contributed by atoms with Crippen molar-refractivity contribution in [1.29, 1.82) is 0 Å². The number of hydrogen-bond acceptors (Lipinski definition) is 3. The maximum atomic E-state index is 8.76.